The fourth-order valence-corrected chi connectivity index (χ4v) is 3.16. The molecule has 0 bridgehead atoms. The first kappa shape index (κ1) is 20.3. The van der Waals surface area contributed by atoms with E-state index in [0.717, 1.165) is 17.0 Å². The van der Waals surface area contributed by atoms with Gasteiger partial charge in [0.2, 0.25) is 5.78 Å². The number of carbonyl (C=O) groups is 2. The number of hydrogen-bond donors (Lipinski definition) is 0. The van der Waals surface area contributed by atoms with E-state index in [-0.39, 0.29) is 23.8 Å². The van der Waals surface area contributed by atoms with Gasteiger partial charge in [-0.1, -0.05) is 12.1 Å². The molecule has 29 heavy (non-hydrogen) atoms. The topological polar surface area (TPSA) is 75.2 Å². The summed E-state index contributed by atoms with van der Waals surface area (Å²) in [5.41, 5.74) is 3.41. The molecule has 0 aliphatic heterocycles. The molecule has 7 heteroatoms. The number of carbonyl (C=O) groups excluding carboxylic acids is 2. The van der Waals surface area contributed by atoms with Crippen molar-refractivity contribution in [2.24, 2.45) is 0 Å². The molecule has 0 aliphatic carbocycles. The van der Waals surface area contributed by atoms with Gasteiger partial charge < -0.3 is 14.5 Å². The predicted molar refractivity (Wildman–Crippen MR) is 104 cm³/mol. The van der Waals surface area contributed by atoms with E-state index in [1.807, 2.05) is 18.4 Å². The van der Waals surface area contributed by atoms with Crippen molar-refractivity contribution in [1.29, 1.82) is 0 Å². The van der Waals surface area contributed by atoms with Crippen molar-refractivity contribution in [2.45, 2.75) is 26.8 Å². The molecule has 2 aromatic heterocycles. The molecule has 0 atom stereocenters. The maximum atomic E-state index is 13.0. The van der Waals surface area contributed by atoms with Crippen molar-refractivity contribution in [3.63, 3.8) is 0 Å². The molecule has 3 aromatic rings. The summed E-state index contributed by atoms with van der Waals surface area (Å²) >= 11 is 0. The van der Waals surface area contributed by atoms with E-state index >= 15 is 0 Å². The molecule has 0 saturated carbocycles. The van der Waals surface area contributed by atoms with Crippen LogP contribution in [0.4, 0.5) is 4.39 Å². The molecule has 1 aromatic carbocycles. The lowest BCUT2D eigenvalue weighted by Crippen LogP contribution is -2.24. The van der Waals surface area contributed by atoms with Crippen molar-refractivity contribution in [3.8, 4) is 0 Å². The van der Waals surface area contributed by atoms with E-state index in [1.165, 1.54) is 36.7 Å². The maximum absolute atomic E-state index is 13.0. The van der Waals surface area contributed by atoms with Crippen molar-refractivity contribution in [2.75, 3.05) is 6.61 Å². The predicted octanol–water partition coefficient (Wildman–Crippen LogP) is 3.16. The Hall–Kier alpha value is -3.48. The van der Waals surface area contributed by atoms with Gasteiger partial charge in [-0.25, -0.2) is 9.18 Å². The molecule has 0 spiro atoms. The minimum absolute atomic E-state index is 0.203. The van der Waals surface area contributed by atoms with Crippen LogP contribution in [0.25, 0.3) is 0 Å². The van der Waals surface area contributed by atoms with Gasteiger partial charge in [0.05, 0.1) is 5.56 Å². The van der Waals surface area contributed by atoms with Crippen LogP contribution in [0.1, 0.15) is 37.7 Å². The number of ether oxygens (including phenoxy) is 1. The highest BCUT2D eigenvalue weighted by atomic mass is 19.1. The molecule has 0 amide bonds. The van der Waals surface area contributed by atoms with E-state index < -0.39 is 5.97 Å². The molecule has 0 radical (unpaired) electrons. The zero-order valence-electron chi connectivity index (χ0n) is 16.2. The number of nitrogens with zero attached hydrogens (tertiary/aromatic N) is 2. The summed E-state index contributed by atoms with van der Waals surface area (Å²) in [5, 5.41) is 11.0. The summed E-state index contributed by atoms with van der Waals surface area (Å²) in [6.07, 6.45) is 3.08. The number of rotatable bonds is 7. The van der Waals surface area contributed by atoms with Gasteiger partial charge in [0.25, 0.3) is 0 Å². The smallest absolute Gasteiger partial charge is 0.339 e. The van der Waals surface area contributed by atoms with E-state index in [4.69, 9.17) is 4.74 Å². The molecule has 3 rings (SSSR count). The Morgan fingerprint density at radius 3 is 2.41 bits per heavy atom. The van der Waals surface area contributed by atoms with Gasteiger partial charge in [-0.15, -0.1) is 0 Å². The Kier molecular flexibility index (Phi) is 6.07. The van der Waals surface area contributed by atoms with Crippen LogP contribution < -0.4 is 4.73 Å². The van der Waals surface area contributed by atoms with Gasteiger partial charge in [0.1, 0.15) is 5.82 Å². The minimum Gasteiger partial charge on any atom is -0.619 e. The molecule has 0 aliphatic rings. The van der Waals surface area contributed by atoms with Crippen molar-refractivity contribution in [3.05, 3.63) is 94.0 Å². The van der Waals surface area contributed by atoms with Crippen molar-refractivity contribution >= 4 is 11.8 Å². The average Bonchev–Trinajstić information content (AvgIpc) is 3.00. The zero-order chi connectivity index (χ0) is 21.0. The van der Waals surface area contributed by atoms with Crippen LogP contribution in [-0.4, -0.2) is 22.9 Å². The number of hydrogen-bond acceptors (Lipinski definition) is 4. The van der Waals surface area contributed by atoms with Gasteiger partial charge in [-0.05, 0) is 44.0 Å². The highest BCUT2D eigenvalue weighted by Gasteiger charge is 2.18. The highest BCUT2D eigenvalue weighted by Crippen LogP contribution is 2.17. The highest BCUT2D eigenvalue weighted by molar-refractivity contribution is 6.00. The lowest BCUT2D eigenvalue weighted by molar-refractivity contribution is -0.605. The molecule has 0 fully saturated rings. The second-order valence-electron chi connectivity index (χ2n) is 6.76. The monoisotopic (exact) mass is 396 g/mol. The number of aryl methyl sites for hydroxylation is 2. The number of pyridine rings is 1. The number of Topliss-reactive ketones (excluding diaryl/α,β-unsaturated/α-hetero) is 1. The number of ketones is 1. The Bertz CT molecular complexity index is 1020. The third-order valence-corrected chi connectivity index (χ3v) is 4.78. The second kappa shape index (κ2) is 8.68. The minimum atomic E-state index is -0.663. The summed E-state index contributed by atoms with van der Waals surface area (Å²) in [6.45, 7) is 4.02. The van der Waals surface area contributed by atoms with E-state index in [0.29, 0.717) is 23.3 Å². The first-order valence-corrected chi connectivity index (χ1v) is 9.15. The normalized spacial score (nSPS) is 10.7. The molecule has 0 N–H and O–H groups in total. The van der Waals surface area contributed by atoms with Crippen LogP contribution >= 0.6 is 0 Å². The van der Waals surface area contributed by atoms with Crippen LogP contribution in [0, 0.1) is 24.9 Å². The van der Waals surface area contributed by atoms with Crippen LogP contribution in [0.5, 0.6) is 0 Å². The van der Waals surface area contributed by atoms with E-state index in [2.05, 4.69) is 0 Å². The third-order valence-electron chi connectivity index (χ3n) is 4.78. The van der Waals surface area contributed by atoms with E-state index in [9.17, 15) is 19.2 Å². The van der Waals surface area contributed by atoms with Crippen LogP contribution in [0.3, 0.4) is 0 Å². The Morgan fingerprint density at radius 2 is 1.76 bits per heavy atom. The Morgan fingerprint density at radius 1 is 1.10 bits per heavy atom. The summed E-state index contributed by atoms with van der Waals surface area (Å²) in [5.74, 6) is -1.23. The van der Waals surface area contributed by atoms with Crippen LogP contribution in [0.2, 0.25) is 0 Å². The molecule has 150 valence electrons. The number of aromatic nitrogens is 2. The quantitative estimate of drug-likeness (QED) is 0.266. The van der Waals surface area contributed by atoms with E-state index in [1.54, 1.807) is 18.2 Å². The first-order chi connectivity index (χ1) is 13.8. The maximum Gasteiger partial charge on any atom is 0.339 e. The summed E-state index contributed by atoms with van der Waals surface area (Å²) in [6, 6.07) is 10.8. The molecule has 2 heterocycles. The lowest BCUT2D eigenvalue weighted by Gasteiger charge is -2.10. The van der Waals surface area contributed by atoms with Crippen molar-refractivity contribution in [1.82, 2.24) is 4.57 Å². The molecular formula is C22H21FN2O4. The van der Waals surface area contributed by atoms with Gasteiger partial charge in [-0.2, -0.15) is 4.73 Å². The number of halogens is 1. The van der Waals surface area contributed by atoms with Crippen LogP contribution in [-0.2, 0) is 17.7 Å². The average molecular weight is 396 g/mol. The lowest BCUT2D eigenvalue weighted by atomic mass is 10.1. The van der Waals surface area contributed by atoms with Gasteiger partial charge in [0.15, 0.2) is 19.0 Å². The van der Waals surface area contributed by atoms with Crippen molar-refractivity contribution < 1.29 is 23.4 Å². The number of benzene rings is 1. The summed E-state index contributed by atoms with van der Waals surface area (Å²) < 4.78 is 20.7. The molecule has 6 nitrogen and oxygen atoms in total. The molecule has 0 saturated heterocycles. The van der Waals surface area contributed by atoms with Gasteiger partial charge in [-0.3, -0.25) is 4.79 Å². The summed E-state index contributed by atoms with van der Waals surface area (Å²) in [4.78, 5) is 24.6. The first-order valence-electron chi connectivity index (χ1n) is 9.15. The fraction of sp³-hybridized carbons (Fsp3) is 0.227. The number of esters is 1. The Labute approximate surface area is 167 Å². The fourth-order valence-electron chi connectivity index (χ4n) is 3.16. The molecule has 0 unspecified atom stereocenters. The van der Waals surface area contributed by atoms with Gasteiger partial charge in [0, 0.05) is 35.6 Å². The Balaban J connectivity index is 1.63. The largest absolute Gasteiger partial charge is 0.619 e. The van der Waals surface area contributed by atoms with Crippen LogP contribution in [0.15, 0.2) is 54.9 Å². The molecular weight excluding hydrogens is 375 g/mol. The second-order valence-corrected chi connectivity index (χ2v) is 6.76. The summed E-state index contributed by atoms with van der Waals surface area (Å²) in [7, 11) is 0. The third kappa shape index (κ3) is 4.87. The SMILES string of the molecule is Cc1cc(C(=O)COC(=O)c2cc[n+]([O-])cc2)c(C)n1CCc1ccc(F)cc1. The van der Waals surface area contributed by atoms with Gasteiger partial charge >= 0.3 is 5.97 Å². The standard InChI is InChI=1S/C22H21FN2O4/c1-15-13-20(16(2)25(15)12-7-17-3-5-19(23)6-4-17)21(26)14-29-22(27)18-8-10-24(28)11-9-18/h3-6,8-11,13H,7,12,14H2,1-2H3. The zero-order valence-corrected chi connectivity index (χ0v) is 16.2.